The van der Waals surface area contributed by atoms with Gasteiger partial charge in [0.2, 0.25) is 0 Å². The van der Waals surface area contributed by atoms with E-state index in [1.165, 1.54) is 24.8 Å². The van der Waals surface area contributed by atoms with Crippen LogP contribution in [0.5, 0.6) is 0 Å². The van der Waals surface area contributed by atoms with Gasteiger partial charge in [0.1, 0.15) is 6.61 Å². The Labute approximate surface area is 121 Å². The highest BCUT2D eigenvalue weighted by Crippen LogP contribution is 2.44. The largest absolute Gasteiger partial charge is 0.461 e. The quantitative estimate of drug-likeness (QED) is 0.605. The van der Waals surface area contributed by atoms with E-state index < -0.39 is 0 Å². The van der Waals surface area contributed by atoms with E-state index in [0.29, 0.717) is 18.1 Å². The molecule has 1 saturated carbocycles. The molecule has 2 heteroatoms. The minimum atomic E-state index is -0.280. The zero-order valence-corrected chi connectivity index (χ0v) is 12.5. The van der Waals surface area contributed by atoms with E-state index >= 15 is 0 Å². The van der Waals surface area contributed by atoms with Crippen molar-refractivity contribution in [1.82, 2.24) is 0 Å². The van der Waals surface area contributed by atoms with Gasteiger partial charge in [0.25, 0.3) is 0 Å². The van der Waals surface area contributed by atoms with Crippen LogP contribution in [0.3, 0.4) is 0 Å². The van der Waals surface area contributed by atoms with Gasteiger partial charge in [0.15, 0.2) is 0 Å². The molecule has 20 heavy (non-hydrogen) atoms. The number of benzene rings is 1. The van der Waals surface area contributed by atoms with Crippen molar-refractivity contribution >= 4 is 5.97 Å². The first kappa shape index (κ1) is 14.8. The molecule has 0 aliphatic heterocycles. The first-order valence-corrected chi connectivity index (χ1v) is 7.44. The average molecular weight is 272 g/mol. The van der Waals surface area contributed by atoms with E-state index in [1.807, 2.05) is 6.07 Å². The number of ether oxygens (including phenoxy) is 1. The molecule has 0 amide bonds. The van der Waals surface area contributed by atoms with Crippen molar-refractivity contribution in [2.75, 3.05) is 6.61 Å². The predicted octanol–water partition coefficient (Wildman–Crippen LogP) is 4.25. The van der Waals surface area contributed by atoms with E-state index in [9.17, 15) is 4.79 Å². The number of rotatable bonds is 4. The molecule has 0 N–H and O–H groups in total. The highest BCUT2D eigenvalue weighted by atomic mass is 16.5. The van der Waals surface area contributed by atoms with Crippen LogP contribution in [-0.4, -0.2) is 12.6 Å². The van der Waals surface area contributed by atoms with Crippen LogP contribution in [0.4, 0.5) is 0 Å². The second-order valence-corrected chi connectivity index (χ2v) is 6.03. The molecule has 2 nitrogen and oxygen atoms in total. The molecule has 2 atom stereocenters. The molecular weight excluding hydrogens is 248 g/mol. The van der Waals surface area contributed by atoms with Gasteiger partial charge in [0, 0.05) is 11.0 Å². The second-order valence-electron chi connectivity index (χ2n) is 6.03. The topological polar surface area (TPSA) is 26.3 Å². The summed E-state index contributed by atoms with van der Waals surface area (Å²) < 4.78 is 5.53. The van der Waals surface area contributed by atoms with E-state index in [1.54, 1.807) is 6.92 Å². The third kappa shape index (κ3) is 2.95. The summed E-state index contributed by atoms with van der Waals surface area (Å²) in [7, 11) is 0. The number of hydrogen-bond acceptors (Lipinski definition) is 2. The number of carbonyl (C=O) groups excluding carboxylic acids is 1. The first-order valence-electron chi connectivity index (χ1n) is 7.44. The molecule has 0 radical (unpaired) electrons. The van der Waals surface area contributed by atoms with Crippen LogP contribution in [-0.2, 0) is 14.9 Å². The van der Waals surface area contributed by atoms with Crippen molar-refractivity contribution < 1.29 is 9.53 Å². The van der Waals surface area contributed by atoms with Gasteiger partial charge in [-0.25, -0.2) is 4.79 Å². The Morgan fingerprint density at radius 3 is 2.65 bits per heavy atom. The monoisotopic (exact) mass is 272 g/mol. The SMILES string of the molecule is C=C(C)C(=O)OCC1(c2ccccc2)CCCCC1C. The molecule has 0 bridgehead atoms. The molecule has 1 aliphatic carbocycles. The van der Waals surface area contributed by atoms with Crippen molar-refractivity contribution in [3.8, 4) is 0 Å². The molecule has 1 fully saturated rings. The Bertz CT molecular complexity index is 477. The first-order chi connectivity index (χ1) is 9.56. The van der Waals surface area contributed by atoms with Crippen LogP contribution in [0.15, 0.2) is 42.5 Å². The molecular formula is C18H24O2. The lowest BCUT2D eigenvalue weighted by Crippen LogP contribution is -2.41. The summed E-state index contributed by atoms with van der Waals surface area (Å²) in [6.45, 7) is 8.10. The summed E-state index contributed by atoms with van der Waals surface area (Å²) in [6, 6.07) is 10.5. The minimum absolute atomic E-state index is 0.0371. The molecule has 2 unspecified atom stereocenters. The summed E-state index contributed by atoms with van der Waals surface area (Å²) in [6.07, 6.45) is 4.75. The molecule has 0 saturated heterocycles. The van der Waals surface area contributed by atoms with Crippen LogP contribution >= 0.6 is 0 Å². The van der Waals surface area contributed by atoms with Gasteiger partial charge >= 0.3 is 5.97 Å². The third-order valence-corrected chi connectivity index (χ3v) is 4.61. The molecule has 1 aromatic rings. The Kier molecular flexibility index (Phi) is 4.64. The van der Waals surface area contributed by atoms with Gasteiger partial charge in [-0.05, 0) is 31.2 Å². The van der Waals surface area contributed by atoms with Crippen LogP contribution < -0.4 is 0 Å². The van der Waals surface area contributed by atoms with Gasteiger partial charge in [-0.2, -0.15) is 0 Å². The molecule has 1 aromatic carbocycles. The lowest BCUT2D eigenvalue weighted by Gasteiger charge is -2.42. The Balaban J connectivity index is 2.25. The summed E-state index contributed by atoms with van der Waals surface area (Å²) in [5, 5.41) is 0. The Morgan fingerprint density at radius 1 is 1.35 bits per heavy atom. The van der Waals surface area contributed by atoms with E-state index in [-0.39, 0.29) is 11.4 Å². The van der Waals surface area contributed by atoms with E-state index in [0.717, 1.165) is 6.42 Å². The van der Waals surface area contributed by atoms with Crippen LogP contribution in [0.1, 0.15) is 45.1 Å². The summed E-state index contributed by atoms with van der Waals surface area (Å²) in [5.74, 6) is 0.245. The van der Waals surface area contributed by atoms with Gasteiger partial charge in [-0.15, -0.1) is 0 Å². The molecule has 0 aromatic heterocycles. The summed E-state index contributed by atoms with van der Waals surface area (Å²) >= 11 is 0. The summed E-state index contributed by atoms with van der Waals surface area (Å²) in [5.41, 5.74) is 1.73. The normalized spacial score (nSPS) is 26.0. The highest BCUT2D eigenvalue weighted by Gasteiger charge is 2.40. The Hall–Kier alpha value is -1.57. The number of carbonyl (C=O) groups is 1. The van der Waals surface area contributed by atoms with Gasteiger partial charge in [0.05, 0.1) is 0 Å². The van der Waals surface area contributed by atoms with Crippen LogP contribution in [0, 0.1) is 5.92 Å². The fourth-order valence-corrected chi connectivity index (χ4v) is 3.23. The standard InChI is InChI=1S/C18H24O2/c1-14(2)17(19)20-13-18(12-8-7-9-15(18)3)16-10-5-4-6-11-16/h4-6,10-11,15H,1,7-9,12-13H2,2-3H3. The van der Waals surface area contributed by atoms with Crippen LogP contribution in [0.2, 0.25) is 0 Å². The van der Waals surface area contributed by atoms with Gasteiger partial charge in [-0.1, -0.05) is 56.7 Å². The zero-order valence-electron chi connectivity index (χ0n) is 12.5. The van der Waals surface area contributed by atoms with Crippen molar-refractivity contribution in [1.29, 1.82) is 0 Å². The number of esters is 1. The molecule has 1 aliphatic rings. The van der Waals surface area contributed by atoms with Gasteiger partial charge < -0.3 is 4.74 Å². The lowest BCUT2D eigenvalue weighted by atomic mass is 9.63. The van der Waals surface area contributed by atoms with Gasteiger partial charge in [-0.3, -0.25) is 0 Å². The smallest absolute Gasteiger partial charge is 0.333 e. The zero-order chi connectivity index (χ0) is 14.6. The molecule has 2 rings (SSSR count). The fraction of sp³-hybridized carbons (Fsp3) is 0.500. The lowest BCUT2D eigenvalue weighted by molar-refractivity contribution is -0.142. The van der Waals surface area contributed by atoms with Crippen molar-refractivity contribution in [3.05, 3.63) is 48.0 Å². The maximum Gasteiger partial charge on any atom is 0.333 e. The molecule has 0 spiro atoms. The van der Waals surface area contributed by atoms with Crippen LogP contribution in [0.25, 0.3) is 0 Å². The minimum Gasteiger partial charge on any atom is -0.461 e. The fourth-order valence-electron chi connectivity index (χ4n) is 3.23. The van der Waals surface area contributed by atoms with E-state index in [2.05, 4.69) is 37.8 Å². The molecule has 0 heterocycles. The average Bonchev–Trinajstić information content (AvgIpc) is 2.47. The van der Waals surface area contributed by atoms with Crippen molar-refractivity contribution in [2.45, 2.75) is 44.9 Å². The maximum absolute atomic E-state index is 11.7. The van der Waals surface area contributed by atoms with Crippen molar-refractivity contribution in [2.24, 2.45) is 5.92 Å². The second kappa shape index (κ2) is 6.25. The van der Waals surface area contributed by atoms with Crippen molar-refractivity contribution in [3.63, 3.8) is 0 Å². The molecule has 108 valence electrons. The summed E-state index contributed by atoms with van der Waals surface area (Å²) in [4.78, 5) is 11.7. The predicted molar refractivity (Wildman–Crippen MR) is 81.5 cm³/mol. The van der Waals surface area contributed by atoms with E-state index in [4.69, 9.17) is 4.74 Å². The maximum atomic E-state index is 11.7. The number of hydrogen-bond donors (Lipinski definition) is 0. The Morgan fingerprint density at radius 2 is 2.05 bits per heavy atom. The third-order valence-electron chi connectivity index (χ3n) is 4.61. The highest BCUT2D eigenvalue weighted by molar-refractivity contribution is 5.87.